The van der Waals surface area contributed by atoms with Crippen molar-refractivity contribution in [2.45, 2.75) is 25.8 Å². The molecule has 3 rings (SSSR count). The highest BCUT2D eigenvalue weighted by atomic mass is 16.2. The molecule has 1 saturated heterocycles. The van der Waals surface area contributed by atoms with Gasteiger partial charge < -0.3 is 9.88 Å². The largest absolute Gasteiger partial charge is 0.332 e. The van der Waals surface area contributed by atoms with Crippen LogP contribution < -0.4 is 5.56 Å². The fraction of sp³-hybridized carbons (Fsp3) is 0.294. The van der Waals surface area contributed by atoms with E-state index in [9.17, 15) is 9.59 Å². The summed E-state index contributed by atoms with van der Waals surface area (Å²) in [6.45, 7) is 2.84. The number of aromatic nitrogens is 1. The number of aryl methyl sites for hydroxylation is 1. The van der Waals surface area contributed by atoms with Crippen LogP contribution in [0.5, 0.6) is 0 Å². The Balaban J connectivity index is 1.90. The molecule has 4 nitrogen and oxygen atoms in total. The number of hydrogen-bond donors (Lipinski definition) is 1. The Hall–Kier alpha value is -2.36. The van der Waals surface area contributed by atoms with Crippen molar-refractivity contribution in [3.63, 3.8) is 0 Å². The number of nitrogens with one attached hydrogen (secondary N) is 1. The van der Waals surface area contributed by atoms with Gasteiger partial charge in [0.05, 0.1) is 11.6 Å². The number of benzene rings is 1. The van der Waals surface area contributed by atoms with Gasteiger partial charge in [-0.15, -0.1) is 0 Å². The predicted molar refractivity (Wildman–Crippen MR) is 81.3 cm³/mol. The fourth-order valence-electron chi connectivity index (χ4n) is 3.00. The molecule has 1 unspecified atom stereocenters. The summed E-state index contributed by atoms with van der Waals surface area (Å²) in [4.78, 5) is 28.3. The molecule has 1 aromatic heterocycles. The minimum Gasteiger partial charge on any atom is -0.332 e. The van der Waals surface area contributed by atoms with Gasteiger partial charge in [-0.2, -0.15) is 0 Å². The lowest BCUT2D eigenvalue weighted by molar-refractivity contribution is 0.0735. The summed E-state index contributed by atoms with van der Waals surface area (Å²) in [6, 6.07) is 11.3. The number of rotatable bonds is 2. The summed E-state index contributed by atoms with van der Waals surface area (Å²) in [5, 5.41) is 0. The second kappa shape index (κ2) is 5.56. The number of H-pyrrole nitrogens is 1. The molecule has 0 radical (unpaired) electrons. The summed E-state index contributed by atoms with van der Waals surface area (Å²) in [7, 11) is 0. The van der Waals surface area contributed by atoms with Crippen LogP contribution in [0.3, 0.4) is 0 Å². The smallest absolute Gasteiger partial charge is 0.255 e. The number of nitrogens with zero attached hydrogens (tertiary/aromatic N) is 1. The predicted octanol–water partition coefficient (Wildman–Crippen LogP) is 2.66. The van der Waals surface area contributed by atoms with E-state index in [-0.39, 0.29) is 17.5 Å². The maximum absolute atomic E-state index is 12.7. The number of carbonyl (C=O) groups is 1. The van der Waals surface area contributed by atoms with Crippen LogP contribution >= 0.6 is 0 Å². The minimum atomic E-state index is -0.191. The third-order valence-electron chi connectivity index (χ3n) is 4.09. The zero-order chi connectivity index (χ0) is 14.8. The molecule has 0 spiro atoms. The van der Waals surface area contributed by atoms with Gasteiger partial charge in [-0.05, 0) is 37.0 Å². The van der Waals surface area contributed by atoms with Crippen molar-refractivity contribution in [2.75, 3.05) is 6.54 Å². The molecule has 1 atom stereocenters. The van der Waals surface area contributed by atoms with E-state index in [1.54, 1.807) is 6.07 Å². The number of hydrogen-bond acceptors (Lipinski definition) is 2. The van der Waals surface area contributed by atoms with Crippen LogP contribution in [0.1, 0.15) is 40.4 Å². The van der Waals surface area contributed by atoms with E-state index >= 15 is 0 Å². The molecule has 1 amide bonds. The van der Waals surface area contributed by atoms with Crippen molar-refractivity contribution in [3.05, 3.63) is 69.6 Å². The van der Waals surface area contributed by atoms with E-state index in [0.29, 0.717) is 5.56 Å². The fourth-order valence-corrected chi connectivity index (χ4v) is 3.00. The number of amides is 1. The van der Waals surface area contributed by atoms with Crippen molar-refractivity contribution >= 4 is 5.91 Å². The highest BCUT2D eigenvalue weighted by Gasteiger charge is 2.31. The van der Waals surface area contributed by atoms with Crippen LogP contribution in [-0.2, 0) is 0 Å². The highest BCUT2D eigenvalue weighted by molar-refractivity contribution is 5.94. The molecule has 1 fully saturated rings. The molecule has 4 heteroatoms. The monoisotopic (exact) mass is 282 g/mol. The summed E-state index contributed by atoms with van der Waals surface area (Å²) < 4.78 is 0. The van der Waals surface area contributed by atoms with E-state index < -0.39 is 0 Å². The average Bonchev–Trinajstić information content (AvgIpc) is 2.97. The van der Waals surface area contributed by atoms with Crippen molar-refractivity contribution in [3.8, 4) is 0 Å². The Morgan fingerprint density at radius 2 is 2.05 bits per heavy atom. The molecule has 1 N–H and O–H groups in total. The van der Waals surface area contributed by atoms with Crippen LogP contribution in [0.2, 0.25) is 0 Å². The first kappa shape index (κ1) is 13.6. The Labute approximate surface area is 123 Å². The number of pyridine rings is 1. The lowest BCUT2D eigenvalue weighted by Crippen LogP contribution is -2.31. The quantitative estimate of drug-likeness (QED) is 0.920. The Bertz CT molecular complexity index is 700. The standard InChI is InChI=1S/C17H18N2O2/c1-12-5-2-3-6-14(12)15-7-4-10-19(15)17(21)13-8-9-16(20)18-11-13/h2-3,5-6,8-9,11,15H,4,7,10H2,1H3,(H,18,20). The molecule has 0 saturated carbocycles. The summed E-state index contributed by atoms with van der Waals surface area (Å²) in [5.74, 6) is -0.0167. The van der Waals surface area contributed by atoms with E-state index in [4.69, 9.17) is 0 Å². The molecular weight excluding hydrogens is 264 g/mol. The molecule has 2 aromatic rings. The van der Waals surface area contributed by atoms with Crippen molar-refractivity contribution in [1.29, 1.82) is 0 Å². The van der Waals surface area contributed by atoms with Gasteiger partial charge in [0.15, 0.2) is 0 Å². The molecule has 21 heavy (non-hydrogen) atoms. The second-order valence-electron chi connectivity index (χ2n) is 5.45. The first-order valence-electron chi connectivity index (χ1n) is 7.22. The number of aromatic amines is 1. The zero-order valence-corrected chi connectivity index (χ0v) is 12.0. The third-order valence-corrected chi connectivity index (χ3v) is 4.09. The Morgan fingerprint density at radius 3 is 2.76 bits per heavy atom. The van der Waals surface area contributed by atoms with Crippen molar-refractivity contribution in [2.24, 2.45) is 0 Å². The van der Waals surface area contributed by atoms with Gasteiger partial charge in [0, 0.05) is 18.8 Å². The first-order chi connectivity index (χ1) is 10.2. The van der Waals surface area contributed by atoms with E-state index in [1.807, 2.05) is 17.0 Å². The molecule has 1 aliphatic rings. The molecule has 2 heterocycles. The molecule has 108 valence electrons. The SMILES string of the molecule is Cc1ccccc1C1CCCN1C(=O)c1ccc(=O)[nH]c1. The van der Waals surface area contributed by atoms with Gasteiger partial charge in [-0.25, -0.2) is 0 Å². The maximum Gasteiger partial charge on any atom is 0.255 e. The van der Waals surface area contributed by atoms with Gasteiger partial charge >= 0.3 is 0 Å². The average molecular weight is 282 g/mol. The maximum atomic E-state index is 12.7. The molecule has 0 aliphatic carbocycles. The van der Waals surface area contributed by atoms with E-state index in [1.165, 1.54) is 23.4 Å². The van der Waals surface area contributed by atoms with Crippen LogP contribution in [0, 0.1) is 6.92 Å². The van der Waals surface area contributed by atoms with Crippen molar-refractivity contribution < 1.29 is 4.79 Å². The van der Waals surface area contributed by atoms with Gasteiger partial charge in [0.1, 0.15) is 0 Å². The second-order valence-corrected chi connectivity index (χ2v) is 5.45. The molecular formula is C17H18N2O2. The van der Waals surface area contributed by atoms with Crippen LogP contribution in [0.15, 0.2) is 47.4 Å². The van der Waals surface area contributed by atoms with Gasteiger partial charge in [-0.3, -0.25) is 9.59 Å². The lowest BCUT2D eigenvalue weighted by Gasteiger charge is -2.26. The Kier molecular flexibility index (Phi) is 3.60. The number of likely N-dealkylation sites (tertiary alicyclic amines) is 1. The first-order valence-corrected chi connectivity index (χ1v) is 7.22. The molecule has 0 bridgehead atoms. The lowest BCUT2D eigenvalue weighted by atomic mass is 9.99. The van der Waals surface area contributed by atoms with Crippen molar-refractivity contribution in [1.82, 2.24) is 9.88 Å². The normalized spacial score (nSPS) is 18.0. The summed E-state index contributed by atoms with van der Waals surface area (Å²) in [6.07, 6.45) is 3.49. The van der Waals surface area contributed by atoms with Crippen LogP contribution in [-0.4, -0.2) is 22.3 Å². The summed E-state index contributed by atoms with van der Waals surface area (Å²) in [5.41, 5.74) is 2.77. The van der Waals surface area contributed by atoms with Gasteiger partial charge in [0.25, 0.3) is 5.91 Å². The van der Waals surface area contributed by atoms with E-state index in [0.717, 1.165) is 19.4 Å². The highest BCUT2D eigenvalue weighted by Crippen LogP contribution is 2.34. The minimum absolute atomic E-state index is 0.0167. The summed E-state index contributed by atoms with van der Waals surface area (Å²) >= 11 is 0. The molecule has 1 aliphatic heterocycles. The van der Waals surface area contributed by atoms with Gasteiger partial charge in [0.2, 0.25) is 5.56 Å². The van der Waals surface area contributed by atoms with Gasteiger partial charge in [-0.1, -0.05) is 24.3 Å². The molecule has 1 aromatic carbocycles. The number of carbonyl (C=O) groups excluding carboxylic acids is 1. The zero-order valence-electron chi connectivity index (χ0n) is 12.0. The third kappa shape index (κ3) is 2.61. The topological polar surface area (TPSA) is 53.2 Å². The van der Waals surface area contributed by atoms with Crippen LogP contribution in [0.4, 0.5) is 0 Å². The Morgan fingerprint density at radius 1 is 1.24 bits per heavy atom. The van der Waals surface area contributed by atoms with Crippen LogP contribution in [0.25, 0.3) is 0 Å². The van der Waals surface area contributed by atoms with E-state index in [2.05, 4.69) is 24.0 Å².